The highest BCUT2D eigenvalue weighted by atomic mass is 32.1. The number of pyridine rings is 1. The number of aryl methyl sites for hydroxylation is 2. The number of thiophene rings is 1. The number of hydrogen-bond donors (Lipinski definition) is 1. The van der Waals surface area contributed by atoms with Crippen molar-refractivity contribution in [2.45, 2.75) is 46.5 Å². The molecule has 2 heterocycles. The molecule has 0 radical (unpaired) electrons. The Kier molecular flexibility index (Phi) is 6.75. The fourth-order valence-electron chi connectivity index (χ4n) is 3.59. The van der Waals surface area contributed by atoms with Crippen molar-refractivity contribution in [3.8, 4) is 11.1 Å². The van der Waals surface area contributed by atoms with Crippen molar-refractivity contribution in [2.75, 3.05) is 5.32 Å². The lowest BCUT2D eigenvalue weighted by Gasteiger charge is -2.13. The summed E-state index contributed by atoms with van der Waals surface area (Å²) in [6.45, 7) is 6.12. The summed E-state index contributed by atoms with van der Waals surface area (Å²) in [5.74, 6) is -2.39. The fourth-order valence-corrected chi connectivity index (χ4v) is 4.88. The smallest absolute Gasteiger partial charge is 0.262 e. The minimum Gasteiger partial charge on any atom is -0.306 e. The van der Waals surface area contributed by atoms with Crippen molar-refractivity contribution in [2.24, 2.45) is 0 Å². The molecule has 2 aromatic heterocycles. The van der Waals surface area contributed by atoms with Gasteiger partial charge in [-0.3, -0.25) is 4.79 Å². The summed E-state index contributed by atoms with van der Waals surface area (Å²) in [7, 11) is 0. The zero-order valence-corrected chi connectivity index (χ0v) is 17.6. The molecule has 0 fully saturated rings. The maximum absolute atomic E-state index is 13.7. The molecule has 0 unspecified atom stereocenters. The Bertz CT molecular complexity index is 992. The van der Waals surface area contributed by atoms with E-state index >= 15 is 0 Å². The molecule has 29 heavy (non-hydrogen) atoms. The Morgan fingerprint density at radius 2 is 1.76 bits per heavy atom. The van der Waals surface area contributed by atoms with Crippen LogP contribution >= 0.6 is 11.3 Å². The maximum Gasteiger partial charge on any atom is 0.262 e. The zero-order valence-electron chi connectivity index (χ0n) is 16.8. The van der Waals surface area contributed by atoms with Crippen LogP contribution in [0.4, 0.5) is 14.6 Å². The molecule has 6 heteroatoms. The van der Waals surface area contributed by atoms with Gasteiger partial charge in [-0.05, 0) is 62.4 Å². The molecule has 0 spiro atoms. The van der Waals surface area contributed by atoms with Crippen LogP contribution in [0.3, 0.4) is 0 Å². The molecule has 1 aliphatic carbocycles. The number of aromatic nitrogens is 1. The summed E-state index contributed by atoms with van der Waals surface area (Å²) in [6.07, 6.45) is 6.36. The van der Waals surface area contributed by atoms with Gasteiger partial charge < -0.3 is 5.32 Å². The van der Waals surface area contributed by atoms with E-state index in [1.807, 2.05) is 31.3 Å². The quantitative estimate of drug-likeness (QED) is 0.528. The molecule has 1 aliphatic rings. The second kappa shape index (κ2) is 9.27. The van der Waals surface area contributed by atoms with Crippen LogP contribution in [0.1, 0.15) is 52.4 Å². The van der Waals surface area contributed by atoms with Crippen LogP contribution in [-0.4, -0.2) is 10.9 Å². The highest BCUT2D eigenvalue weighted by Gasteiger charge is 2.21. The molecule has 0 saturated heterocycles. The lowest BCUT2D eigenvalue weighted by molar-refractivity contribution is 0.101. The molecule has 3 nitrogen and oxygen atoms in total. The second-order valence-corrected chi connectivity index (χ2v) is 7.93. The molecule has 3 aromatic rings. The molecule has 0 saturated carbocycles. The minimum absolute atomic E-state index is 0.258. The second-order valence-electron chi connectivity index (χ2n) is 6.62. The minimum atomic E-state index is -0.898. The Hall–Kier alpha value is -2.60. The molecule has 0 atom stereocenters. The third-order valence-electron chi connectivity index (χ3n) is 4.83. The first-order valence-corrected chi connectivity index (χ1v) is 10.7. The largest absolute Gasteiger partial charge is 0.306 e. The van der Waals surface area contributed by atoms with Gasteiger partial charge in [0.15, 0.2) is 0 Å². The predicted molar refractivity (Wildman–Crippen MR) is 115 cm³/mol. The number of carbonyl (C=O) groups excluding carboxylic acids is 1. The molecular weight excluding hydrogens is 390 g/mol. The average Bonchev–Trinajstić information content (AvgIpc) is 3.06. The first-order chi connectivity index (χ1) is 14.0. The van der Waals surface area contributed by atoms with E-state index in [1.165, 1.54) is 39.8 Å². The van der Waals surface area contributed by atoms with Gasteiger partial charge in [0.2, 0.25) is 0 Å². The van der Waals surface area contributed by atoms with Crippen molar-refractivity contribution in [1.29, 1.82) is 0 Å². The van der Waals surface area contributed by atoms with Crippen LogP contribution in [0.2, 0.25) is 0 Å². The Balaban J connectivity index is 0.00000117. The molecule has 1 amide bonds. The number of carbonyl (C=O) groups is 1. The molecule has 1 aromatic carbocycles. The molecule has 4 rings (SSSR count). The number of nitrogens with zero attached hydrogens (tertiary/aromatic N) is 1. The van der Waals surface area contributed by atoms with Gasteiger partial charge in [0.25, 0.3) is 5.91 Å². The summed E-state index contributed by atoms with van der Waals surface area (Å²) in [5.41, 5.74) is 3.05. The number of hydrogen-bond acceptors (Lipinski definition) is 3. The molecule has 1 N–H and O–H groups in total. The van der Waals surface area contributed by atoms with E-state index in [4.69, 9.17) is 0 Å². The predicted octanol–water partition coefficient (Wildman–Crippen LogP) is 6.55. The lowest BCUT2D eigenvalue weighted by Crippen LogP contribution is -2.16. The topological polar surface area (TPSA) is 42.0 Å². The maximum atomic E-state index is 13.7. The van der Waals surface area contributed by atoms with Crippen molar-refractivity contribution >= 4 is 23.1 Å². The third kappa shape index (κ3) is 4.37. The number of halogens is 2. The molecule has 152 valence electrons. The zero-order chi connectivity index (χ0) is 21.0. The SMILES string of the molecule is CC.Cc1sc2c(c1-c1ccc(NC(=O)c3c(F)cccc3F)nc1)CCCC2. The van der Waals surface area contributed by atoms with E-state index in [2.05, 4.69) is 17.2 Å². The first-order valence-electron chi connectivity index (χ1n) is 9.87. The Morgan fingerprint density at radius 3 is 2.41 bits per heavy atom. The van der Waals surface area contributed by atoms with Gasteiger partial charge in [-0.25, -0.2) is 13.8 Å². The number of anilines is 1. The van der Waals surface area contributed by atoms with Crippen molar-refractivity contribution in [3.05, 3.63) is 69.0 Å². The molecule has 0 aliphatic heterocycles. The van der Waals surface area contributed by atoms with Crippen LogP contribution in [0, 0.1) is 18.6 Å². The summed E-state index contributed by atoms with van der Waals surface area (Å²) in [4.78, 5) is 19.2. The van der Waals surface area contributed by atoms with Crippen LogP contribution in [-0.2, 0) is 12.8 Å². The molecule has 0 bridgehead atoms. The summed E-state index contributed by atoms with van der Waals surface area (Å²) >= 11 is 1.85. The van der Waals surface area contributed by atoms with Gasteiger partial charge in [0.1, 0.15) is 23.0 Å². The van der Waals surface area contributed by atoms with E-state index in [0.717, 1.165) is 30.5 Å². The van der Waals surface area contributed by atoms with Crippen molar-refractivity contribution in [3.63, 3.8) is 0 Å². The number of nitrogens with one attached hydrogen (secondary N) is 1. The van der Waals surface area contributed by atoms with Crippen LogP contribution in [0.25, 0.3) is 11.1 Å². The number of rotatable bonds is 3. The first kappa shape index (κ1) is 21.1. The van der Waals surface area contributed by atoms with E-state index in [9.17, 15) is 13.6 Å². The van der Waals surface area contributed by atoms with Crippen molar-refractivity contribution < 1.29 is 13.6 Å². The van der Waals surface area contributed by atoms with E-state index in [0.29, 0.717) is 0 Å². The van der Waals surface area contributed by atoms with Gasteiger partial charge in [-0.15, -0.1) is 11.3 Å². The van der Waals surface area contributed by atoms with E-state index in [-0.39, 0.29) is 5.82 Å². The Morgan fingerprint density at radius 1 is 1.07 bits per heavy atom. The van der Waals surface area contributed by atoms with Gasteiger partial charge in [-0.1, -0.05) is 19.9 Å². The average molecular weight is 415 g/mol. The highest BCUT2D eigenvalue weighted by molar-refractivity contribution is 7.12. The summed E-state index contributed by atoms with van der Waals surface area (Å²) in [6, 6.07) is 6.88. The van der Waals surface area contributed by atoms with Crippen LogP contribution in [0.5, 0.6) is 0 Å². The summed E-state index contributed by atoms with van der Waals surface area (Å²) < 4.78 is 27.5. The van der Waals surface area contributed by atoms with Crippen LogP contribution < -0.4 is 5.32 Å². The van der Waals surface area contributed by atoms with E-state index < -0.39 is 23.1 Å². The Labute approximate surface area is 173 Å². The van der Waals surface area contributed by atoms with Crippen LogP contribution in [0.15, 0.2) is 36.5 Å². The van der Waals surface area contributed by atoms with Gasteiger partial charge >= 0.3 is 0 Å². The number of fused-ring (bicyclic) bond motifs is 1. The molecular formula is C23H24F2N2OS. The van der Waals surface area contributed by atoms with Gasteiger partial charge in [-0.2, -0.15) is 0 Å². The fraction of sp³-hybridized carbons (Fsp3) is 0.304. The van der Waals surface area contributed by atoms with Crippen molar-refractivity contribution in [1.82, 2.24) is 4.98 Å². The van der Waals surface area contributed by atoms with Gasteiger partial charge in [0.05, 0.1) is 0 Å². The summed E-state index contributed by atoms with van der Waals surface area (Å²) in [5, 5.41) is 2.46. The highest BCUT2D eigenvalue weighted by Crippen LogP contribution is 2.40. The van der Waals surface area contributed by atoms with E-state index in [1.54, 1.807) is 12.3 Å². The monoisotopic (exact) mass is 414 g/mol. The normalized spacial score (nSPS) is 12.6. The number of benzene rings is 1. The number of amides is 1. The van der Waals surface area contributed by atoms with Gasteiger partial charge in [0, 0.05) is 27.1 Å². The lowest BCUT2D eigenvalue weighted by atomic mass is 9.92. The third-order valence-corrected chi connectivity index (χ3v) is 6.04. The standard InChI is InChI=1S/C21H18F2N2OS.C2H6/c1-12-19(14-5-2-3-8-17(14)27-12)13-9-10-18(24-11-13)25-21(26)20-15(22)6-4-7-16(20)23;1-2/h4,6-7,9-11H,2-3,5,8H2,1H3,(H,24,25,26);1-2H3.